The zero-order valence-corrected chi connectivity index (χ0v) is 10.2. The second-order valence-corrected chi connectivity index (χ2v) is 5.96. The first-order chi connectivity index (χ1) is 6.07. The number of hydrogen-bond acceptors (Lipinski definition) is 3. The lowest BCUT2D eigenvalue weighted by Crippen LogP contribution is -2.28. The molecule has 0 heterocycles. The molecular formula is C10H18O3S. The van der Waals surface area contributed by atoms with Crippen LogP contribution >= 0.6 is 11.8 Å². The van der Waals surface area contributed by atoms with E-state index in [0.717, 1.165) is 11.8 Å². The molecule has 4 heteroatoms. The molecular weight excluding hydrogens is 200 g/mol. The topological polar surface area (TPSA) is 54.4 Å². The molecule has 14 heavy (non-hydrogen) atoms. The van der Waals surface area contributed by atoms with Crippen LogP contribution in [0, 0.1) is 10.8 Å². The van der Waals surface area contributed by atoms with Crippen LogP contribution in [0.3, 0.4) is 0 Å². The molecule has 0 aliphatic carbocycles. The van der Waals surface area contributed by atoms with Gasteiger partial charge in [-0.1, -0.05) is 32.5 Å². The highest BCUT2D eigenvalue weighted by Crippen LogP contribution is 2.28. The number of rotatable bonds is 3. The van der Waals surface area contributed by atoms with Crippen molar-refractivity contribution in [2.45, 2.75) is 34.6 Å². The van der Waals surface area contributed by atoms with Gasteiger partial charge in [-0.3, -0.25) is 9.59 Å². The van der Waals surface area contributed by atoms with Gasteiger partial charge in [-0.15, -0.1) is 0 Å². The number of carboxylic acid groups (broad SMARTS) is 1. The Hall–Kier alpha value is -0.510. The number of carboxylic acids is 1. The maximum Gasteiger partial charge on any atom is 0.309 e. The Bertz CT molecular complexity index is 238. The molecule has 0 amide bonds. The highest BCUT2D eigenvalue weighted by molar-refractivity contribution is 8.13. The predicted octanol–water partition coefficient (Wildman–Crippen LogP) is 2.40. The van der Waals surface area contributed by atoms with Gasteiger partial charge in [0.25, 0.3) is 0 Å². The van der Waals surface area contributed by atoms with Gasteiger partial charge in [0.2, 0.25) is 0 Å². The van der Waals surface area contributed by atoms with E-state index in [9.17, 15) is 9.59 Å². The van der Waals surface area contributed by atoms with Crippen molar-refractivity contribution in [2.75, 3.05) is 5.75 Å². The average Bonchev–Trinajstić information content (AvgIpc) is 1.98. The Morgan fingerprint density at radius 3 is 1.86 bits per heavy atom. The van der Waals surface area contributed by atoms with Crippen LogP contribution in [0.15, 0.2) is 0 Å². The lowest BCUT2D eigenvalue weighted by molar-refractivity contribution is -0.145. The van der Waals surface area contributed by atoms with Gasteiger partial charge in [0.15, 0.2) is 5.12 Å². The minimum absolute atomic E-state index is 0.0341. The monoisotopic (exact) mass is 218 g/mol. The van der Waals surface area contributed by atoms with Crippen molar-refractivity contribution in [3.05, 3.63) is 0 Å². The molecule has 0 fully saturated rings. The molecule has 0 bridgehead atoms. The SMILES string of the molecule is CC(C)(C)C(=O)SCC(C)(C)C(=O)O. The third kappa shape index (κ3) is 4.13. The molecule has 0 radical (unpaired) electrons. The van der Waals surface area contributed by atoms with Crippen molar-refractivity contribution in [2.24, 2.45) is 10.8 Å². The molecule has 0 unspecified atom stereocenters. The standard InChI is InChI=1S/C10H18O3S/c1-9(2,3)8(13)14-6-10(4,5)7(11)12/h6H2,1-5H3,(H,11,12). The van der Waals surface area contributed by atoms with Crippen molar-refractivity contribution in [1.29, 1.82) is 0 Å². The molecule has 0 saturated heterocycles. The second kappa shape index (κ2) is 4.34. The second-order valence-electron chi connectivity index (χ2n) is 5.02. The molecule has 0 aliphatic heterocycles. The number of carbonyl (C=O) groups excluding carboxylic acids is 1. The van der Waals surface area contributed by atoms with Crippen LogP contribution in [0.1, 0.15) is 34.6 Å². The summed E-state index contributed by atoms with van der Waals surface area (Å²) in [4.78, 5) is 22.3. The van der Waals surface area contributed by atoms with Gasteiger partial charge in [0.1, 0.15) is 0 Å². The Balaban J connectivity index is 4.21. The van der Waals surface area contributed by atoms with Gasteiger partial charge in [0, 0.05) is 11.2 Å². The van der Waals surface area contributed by atoms with Crippen LogP contribution in [0.2, 0.25) is 0 Å². The van der Waals surface area contributed by atoms with Crippen LogP contribution in [0.5, 0.6) is 0 Å². The van der Waals surface area contributed by atoms with E-state index in [1.54, 1.807) is 13.8 Å². The minimum Gasteiger partial charge on any atom is -0.481 e. The predicted molar refractivity (Wildman–Crippen MR) is 58.3 cm³/mol. The van der Waals surface area contributed by atoms with E-state index in [1.165, 1.54) is 0 Å². The summed E-state index contributed by atoms with van der Waals surface area (Å²) in [5.41, 5.74) is -1.25. The summed E-state index contributed by atoms with van der Waals surface area (Å²) >= 11 is 1.10. The lowest BCUT2D eigenvalue weighted by Gasteiger charge is -2.21. The molecule has 0 aromatic heterocycles. The van der Waals surface area contributed by atoms with E-state index in [2.05, 4.69) is 0 Å². The van der Waals surface area contributed by atoms with Crippen molar-refractivity contribution < 1.29 is 14.7 Å². The fourth-order valence-electron chi connectivity index (χ4n) is 0.524. The van der Waals surface area contributed by atoms with E-state index < -0.39 is 16.8 Å². The normalized spacial score (nSPS) is 12.6. The third-order valence-electron chi connectivity index (χ3n) is 1.76. The number of carbonyl (C=O) groups is 2. The zero-order valence-electron chi connectivity index (χ0n) is 9.38. The molecule has 3 nitrogen and oxygen atoms in total. The summed E-state index contributed by atoms with van der Waals surface area (Å²) in [5.74, 6) is -0.551. The Morgan fingerprint density at radius 1 is 1.14 bits per heavy atom. The number of hydrogen-bond donors (Lipinski definition) is 1. The van der Waals surface area contributed by atoms with Gasteiger partial charge in [-0.25, -0.2) is 0 Å². The molecule has 0 aromatic rings. The van der Waals surface area contributed by atoms with Crippen molar-refractivity contribution in [1.82, 2.24) is 0 Å². The van der Waals surface area contributed by atoms with Crippen LogP contribution in [0.4, 0.5) is 0 Å². The zero-order chi connectivity index (χ0) is 11.6. The number of thioether (sulfide) groups is 1. The molecule has 0 rings (SSSR count). The van der Waals surface area contributed by atoms with E-state index in [4.69, 9.17) is 5.11 Å². The first-order valence-electron chi connectivity index (χ1n) is 4.48. The van der Waals surface area contributed by atoms with Gasteiger partial charge >= 0.3 is 5.97 Å². The first-order valence-corrected chi connectivity index (χ1v) is 5.46. The van der Waals surface area contributed by atoms with Gasteiger partial charge < -0.3 is 5.11 Å². The largest absolute Gasteiger partial charge is 0.481 e. The molecule has 0 aliphatic rings. The van der Waals surface area contributed by atoms with Crippen LogP contribution in [0.25, 0.3) is 0 Å². The molecule has 0 spiro atoms. The van der Waals surface area contributed by atoms with Gasteiger partial charge in [0.05, 0.1) is 5.41 Å². The average molecular weight is 218 g/mol. The fourth-order valence-corrected chi connectivity index (χ4v) is 1.57. The summed E-state index contributed by atoms with van der Waals surface area (Å²) in [6.45, 7) is 8.73. The number of aliphatic carboxylic acids is 1. The van der Waals surface area contributed by atoms with Crippen molar-refractivity contribution >= 4 is 22.8 Å². The van der Waals surface area contributed by atoms with E-state index in [0.29, 0.717) is 5.75 Å². The summed E-state index contributed by atoms with van der Waals surface area (Å²) in [6, 6.07) is 0. The maximum atomic E-state index is 11.5. The van der Waals surface area contributed by atoms with Crippen LogP contribution < -0.4 is 0 Å². The van der Waals surface area contributed by atoms with E-state index >= 15 is 0 Å². The molecule has 82 valence electrons. The smallest absolute Gasteiger partial charge is 0.309 e. The summed E-state index contributed by atoms with van der Waals surface area (Å²) < 4.78 is 0. The Kier molecular flexibility index (Phi) is 4.18. The van der Waals surface area contributed by atoms with Gasteiger partial charge in [-0.2, -0.15) is 0 Å². The summed E-state index contributed by atoms with van der Waals surface area (Å²) in [7, 11) is 0. The Morgan fingerprint density at radius 2 is 1.57 bits per heavy atom. The fraction of sp³-hybridized carbons (Fsp3) is 0.800. The van der Waals surface area contributed by atoms with Crippen LogP contribution in [-0.2, 0) is 9.59 Å². The molecule has 0 atom stereocenters. The summed E-state index contributed by atoms with van der Waals surface area (Å²) in [5, 5.41) is 8.87. The highest BCUT2D eigenvalue weighted by Gasteiger charge is 2.30. The van der Waals surface area contributed by atoms with E-state index in [-0.39, 0.29) is 5.12 Å². The highest BCUT2D eigenvalue weighted by atomic mass is 32.2. The van der Waals surface area contributed by atoms with Gasteiger partial charge in [-0.05, 0) is 13.8 Å². The summed E-state index contributed by atoms with van der Waals surface area (Å²) in [6.07, 6.45) is 0. The molecule has 0 saturated carbocycles. The third-order valence-corrected chi connectivity index (χ3v) is 3.50. The maximum absolute atomic E-state index is 11.5. The van der Waals surface area contributed by atoms with Crippen LogP contribution in [-0.4, -0.2) is 21.9 Å². The molecule has 0 aromatic carbocycles. The lowest BCUT2D eigenvalue weighted by atomic mass is 9.97. The minimum atomic E-state index is -0.869. The van der Waals surface area contributed by atoms with Crippen molar-refractivity contribution in [3.63, 3.8) is 0 Å². The molecule has 1 N–H and O–H groups in total. The van der Waals surface area contributed by atoms with Crippen molar-refractivity contribution in [3.8, 4) is 0 Å². The quantitative estimate of drug-likeness (QED) is 0.790. The van der Waals surface area contributed by atoms with E-state index in [1.807, 2.05) is 20.8 Å². The Labute approximate surface area is 89.3 Å². The first kappa shape index (κ1) is 13.5.